The molecular formula is C21H28Cl2N2O3. The summed E-state index contributed by atoms with van der Waals surface area (Å²) in [6.45, 7) is 4.92. The number of hydrogen-bond acceptors (Lipinski definition) is 4. The van der Waals surface area contributed by atoms with Gasteiger partial charge in [0.05, 0.1) is 12.6 Å². The summed E-state index contributed by atoms with van der Waals surface area (Å²) < 4.78 is 5.16. The van der Waals surface area contributed by atoms with Gasteiger partial charge >= 0.3 is 5.97 Å². The van der Waals surface area contributed by atoms with Gasteiger partial charge in [0.2, 0.25) is 0 Å². The van der Waals surface area contributed by atoms with Gasteiger partial charge in [-0.1, -0.05) is 60.7 Å². The van der Waals surface area contributed by atoms with Crippen molar-refractivity contribution in [3.05, 3.63) is 71.8 Å². The summed E-state index contributed by atoms with van der Waals surface area (Å²) in [6.07, 6.45) is 0. The SMILES string of the molecule is Cl.Cl.O=C(O)COCCN1CCN(C(c2ccccc2)c2ccccc2)CC1. The van der Waals surface area contributed by atoms with E-state index in [-0.39, 0.29) is 37.5 Å². The Hall–Kier alpha value is -1.63. The van der Waals surface area contributed by atoms with Gasteiger partial charge < -0.3 is 9.84 Å². The Bertz CT molecular complexity index is 641. The highest BCUT2D eigenvalue weighted by Gasteiger charge is 2.26. The molecule has 0 aliphatic carbocycles. The van der Waals surface area contributed by atoms with E-state index in [4.69, 9.17) is 9.84 Å². The van der Waals surface area contributed by atoms with Crippen LogP contribution in [0.25, 0.3) is 0 Å². The van der Waals surface area contributed by atoms with Crippen molar-refractivity contribution in [1.29, 1.82) is 0 Å². The van der Waals surface area contributed by atoms with Crippen LogP contribution in [0.15, 0.2) is 60.7 Å². The van der Waals surface area contributed by atoms with E-state index in [2.05, 4.69) is 70.5 Å². The maximum atomic E-state index is 10.5. The lowest BCUT2D eigenvalue weighted by Gasteiger charge is -2.39. The molecule has 2 aromatic rings. The predicted octanol–water partition coefficient (Wildman–Crippen LogP) is 3.34. The minimum atomic E-state index is -0.914. The zero-order chi connectivity index (χ0) is 18.2. The lowest BCUT2D eigenvalue weighted by Crippen LogP contribution is -2.48. The molecule has 1 aliphatic heterocycles. The number of halogens is 2. The van der Waals surface area contributed by atoms with Crippen LogP contribution in [-0.2, 0) is 9.53 Å². The van der Waals surface area contributed by atoms with Gasteiger partial charge in [0, 0.05) is 32.7 Å². The number of carboxylic acid groups (broad SMARTS) is 1. The Morgan fingerprint density at radius 2 is 1.39 bits per heavy atom. The summed E-state index contributed by atoms with van der Waals surface area (Å²) in [4.78, 5) is 15.4. The first-order valence-corrected chi connectivity index (χ1v) is 9.10. The standard InChI is InChI=1S/C21H26N2O3.2ClH/c24-20(25)17-26-16-15-22-11-13-23(14-12-22)21(18-7-3-1-4-8-18)19-9-5-2-6-10-19;;/h1-10,21H,11-17H2,(H,24,25);2*1H. The molecule has 0 saturated carbocycles. The smallest absolute Gasteiger partial charge is 0.329 e. The van der Waals surface area contributed by atoms with Gasteiger partial charge in [-0.2, -0.15) is 0 Å². The Balaban J connectivity index is 0.00000196. The fourth-order valence-electron chi connectivity index (χ4n) is 3.48. The van der Waals surface area contributed by atoms with E-state index in [9.17, 15) is 4.79 Å². The number of hydrogen-bond donors (Lipinski definition) is 1. The van der Waals surface area contributed by atoms with Gasteiger partial charge in [0.15, 0.2) is 0 Å². The van der Waals surface area contributed by atoms with Gasteiger partial charge in [-0.15, -0.1) is 24.8 Å². The number of nitrogens with zero attached hydrogens (tertiary/aromatic N) is 2. The highest BCUT2D eigenvalue weighted by atomic mass is 35.5. The molecule has 0 bridgehead atoms. The van der Waals surface area contributed by atoms with Crippen LogP contribution in [-0.4, -0.2) is 66.8 Å². The Labute approximate surface area is 179 Å². The first-order valence-electron chi connectivity index (χ1n) is 9.10. The fourth-order valence-corrected chi connectivity index (χ4v) is 3.48. The molecule has 2 aromatic carbocycles. The first-order chi connectivity index (χ1) is 12.7. The van der Waals surface area contributed by atoms with Crippen molar-refractivity contribution in [3.63, 3.8) is 0 Å². The molecule has 1 heterocycles. The molecule has 1 aliphatic rings. The van der Waals surface area contributed by atoms with Crippen LogP contribution in [0.4, 0.5) is 0 Å². The van der Waals surface area contributed by atoms with Crippen LogP contribution in [0.3, 0.4) is 0 Å². The third-order valence-corrected chi connectivity index (χ3v) is 4.78. The lowest BCUT2D eigenvalue weighted by molar-refractivity contribution is -0.142. The van der Waals surface area contributed by atoms with Crippen molar-refractivity contribution in [2.45, 2.75) is 6.04 Å². The molecule has 0 unspecified atom stereocenters. The average molecular weight is 427 g/mol. The maximum Gasteiger partial charge on any atom is 0.329 e. The van der Waals surface area contributed by atoms with Gasteiger partial charge in [-0.05, 0) is 11.1 Å². The molecule has 28 heavy (non-hydrogen) atoms. The monoisotopic (exact) mass is 426 g/mol. The minimum Gasteiger partial charge on any atom is -0.480 e. The third-order valence-electron chi connectivity index (χ3n) is 4.78. The molecule has 0 spiro atoms. The summed E-state index contributed by atoms with van der Waals surface area (Å²) in [7, 11) is 0. The Morgan fingerprint density at radius 1 is 0.893 bits per heavy atom. The Kier molecular flexibility index (Phi) is 11.1. The second kappa shape index (κ2) is 12.8. The van der Waals surface area contributed by atoms with E-state index < -0.39 is 5.97 Å². The van der Waals surface area contributed by atoms with E-state index in [1.165, 1.54) is 11.1 Å². The van der Waals surface area contributed by atoms with E-state index in [1.807, 2.05) is 0 Å². The number of rotatable bonds is 8. The molecule has 0 atom stereocenters. The molecule has 7 heteroatoms. The van der Waals surface area contributed by atoms with Gasteiger partial charge in [-0.3, -0.25) is 9.80 Å². The highest BCUT2D eigenvalue weighted by molar-refractivity contribution is 5.85. The van der Waals surface area contributed by atoms with Crippen molar-refractivity contribution in [3.8, 4) is 0 Å². The molecule has 1 fully saturated rings. The van der Waals surface area contributed by atoms with Crippen LogP contribution in [0, 0.1) is 0 Å². The van der Waals surface area contributed by atoms with Gasteiger partial charge in [-0.25, -0.2) is 4.79 Å². The van der Waals surface area contributed by atoms with Gasteiger partial charge in [0.25, 0.3) is 0 Å². The predicted molar refractivity (Wildman–Crippen MR) is 116 cm³/mol. The minimum absolute atomic E-state index is 0. The number of piperazine rings is 1. The topological polar surface area (TPSA) is 53.0 Å². The van der Waals surface area contributed by atoms with Crippen LogP contribution in [0.5, 0.6) is 0 Å². The maximum absolute atomic E-state index is 10.5. The summed E-state index contributed by atoms with van der Waals surface area (Å²) >= 11 is 0. The summed E-state index contributed by atoms with van der Waals surface area (Å²) in [5.41, 5.74) is 2.63. The second-order valence-corrected chi connectivity index (χ2v) is 6.55. The van der Waals surface area contributed by atoms with Crippen molar-refractivity contribution in [1.82, 2.24) is 9.80 Å². The molecule has 0 radical (unpaired) electrons. The number of ether oxygens (including phenoxy) is 1. The highest BCUT2D eigenvalue weighted by Crippen LogP contribution is 2.29. The third kappa shape index (κ3) is 7.08. The molecule has 154 valence electrons. The number of aliphatic carboxylic acids is 1. The first kappa shape index (κ1) is 24.4. The number of benzene rings is 2. The average Bonchev–Trinajstić information content (AvgIpc) is 2.68. The van der Waals surface area contributed by atoms with Crippen LogP contribution in [0.2, 0.25) is 0 Å². The van der Waals surface area contributed by atoms with Crippen molar-refractivity contribution < 1.29 is 14.6 Å². The molecular weight excluding hydrogens is 399 g/mol. The van der Waals surface area contributed by atoms with E-state index in [0.717, 1.165) is 32.7 Å². The molecule has 1 N–H and O–H groups in total. The van der Waals surface area contributed by atoms with Crippen molar-refractivity contribution in [2.24, 2.45) is 0 Å². The molecule has 1 saturated heterocycles. The van der Waals surface area contributed by atoms with E-state index in [0.29, 0.717) is 6.61 Å². The van der Waals surface area contributed by atoms with E-state index in [1.54, 1.807) is 0 Å². The van der Waals surface area contributed by atoms with Crippen LogP contribution in [0.1, 0.15) is 17.2 Å². The number of carboxylic acids is 1. The molecule has 0 amide bonds. The largest absolute Gasteiger partial charge is 0.480 e. The Morgan fingerprint density at radius 3 is 1.86 bits per heavy atom. The van der Waals surface area contributed by atoms with Crippen molar-refractivity contribution >= 4 is 30.8 Å². The summed E-state index contributed by atoms with van der Waals surface area (Å²) in [5.74, 6) is -0.914. The van der Waals surface area contributed by atoms with Gasteiger partial charge in [0.1, 0.15) is 6.61 Å². The summed E-state index contributed by atoms with van der Waals surface area (Å²) in [6, 6.07) is 21.6. The molecule has 0 aromatic heterocycles. The second-order valence-electron chi connectivity index (χ2n) is 6.55. The zero-order valence-electron chi connectivity index (χ0n) is 15.8. The van der Waals surface area contributed by atoms with Crippen molar-refractivity contribution in [2.75, 3.05) is 45.9 Å². The quantitative estimate of drug-likeness (QED) is 0.655. The van der Waals surface area contributed by atoms with Crippen LogP contribution >= 0.6 is 24.8 Å². The molecule has 3 rings (SSSR count). The molecule has 5 nitrogen and oxygen atoms in total. The zero-order valence-corrected chi connectivity index (χ0v) is 17.4. The fraction of sp³-hybridized carbons (Fsp3) is 0.381. The normalized spacial score (nSPS) is 14.9. The lowest BCUT2D eigenvalue weighted by atomic mass is 9.96. The summed E-state index contributed by atoms with van der Waals surface area (Å²) in [5, 5.41) is 8.62. The number of carbonyl (C=O) groups is 1. The van der Waals surface area contributed by atoms with Crippen LogP contribution < -0.4 is 0 Å². The van der Waals surface area contributed by atoms with E-state index >= 15 is 0 Å².